The lowest BCUT2D eigenvalue weighted by Gasteiger charge is -2.26. The molecule has 3 heteroatoms. The average Bonchev–Trinajstić information content (AvgIpc) is 2.92. The van der Waals surface area contributed by atoms with Crippen LogP contribution in [0.5, 0.6) is 0 Å². The molecule has 0 heterocycles. The van der Waals surface area contributed by atoms with Crippen molar-refractivity contribution in [3.8, 4) is 0 Å². The number of alkyl halides is 2. The van der Waals surface area contributed by atoms with E-state index in [1.54, 1.807) is 0 Å². The molecule has 3 saturated carbocycles. The highest BCUT2D eigenvalue weighted by molar-refractivity contribution is 5.35. The molecule has 2 spiro atoms. The molecule has 13 heavy (non-hydrogen) atoms. The molecule has 2 N–H and O–H groups in total. The van der Waals surface area contributed by atoms with Crippen LogP contribution in [0.1, 0.15) is 38.5 Å². The molecule has 0 aliphatic heterocycles. The van der Waals surface area contributed by atoms with Crippen LogP contribution in [-0.2, 0) is 0 Å². The fourth-order valence-corrected chi connectivity index (χ4v) is 3.58. The first-order chi connectivity index (χ1) is 6.06. The van der Waals surface area contributed by atoms with E-state index in [-0.39, 0.29) is 6.04 Å². The van der Waals surface area contributed by atoms with Gasteiger partial charge in [0.1, 0.15) is 0 Å². The Kier molecular flexibility index (Phi) is 1.21. The molecule has 3 aliphatic rings. The Balaban J connectivity index is 1.85. The minimum absolute atomic E-state index is 0.179. The van der Waals surface area contributed by atoms with E-state index < -0.39 is 16.8 Å². The summed E-state index contributed by atoms with van der Waals surface area (Å²) < 4.78 is 27.2. The fraction of sp³-hybridized carbons (Fsp3) is 1.00. The molecule has 3 rings (SSSR count). The minimum Gasteiger partial charge on any atom is -0.328 e. The van der Waals surface area contributed by atoms with Crippen LogP contribution in [0.4, 0.5) is 8.78 Å². The monoisotopic (exact) mass is 187 g/mol. The first-order valence-corrected chi connectivity index (χ1v) is 5.19. The van der Waals surface area contributed by atoms with Gasteiger partial charge in [0, 0.05) is 16.9 Å². The Morgan fingerprint density at radius 2 is 1.38 bits per heavy atom. The quantitative estimate of drug-likeness (QED) is 0.618. The van der Waals surface area contributed by atoms with Crippen molar-refractivity contribution in [1.29, 1.82) is 0 Å². The fourth-order valence-electron chi connectivity index (χ4n) is 3.58. The minimum atomic E-state index is -2.35. The first kappa shape index (κ1) is 8.16. The summed E-state index contributed by atoms with van der Waals surface area (Å²) in [4.78, 5) is 0. The van der Waals surface area contributed by atoms with Gasteiger partial charge in [-0.25, -0.2) is 8.78 Å². The topological polar surface area (TPSA) is 26.0 Å². The smallest absolute Gasteiger partial charge is 0.260 e. The van der Waals surface area contributed by atoms with Crippen LogP contribution < -0.4 is 5.73 Å². The number of halogens is 2. The van der Waals surface area contributed by atoms with Gasteiger partial charge in [-0.2, -0.15) is 0 Å². The van der Waals surface area contributed by atoms with Gasteiger partial charge in [0.2, 0.25) is 0 Å². The van der Waals surface area contributed by atoms with Crippen molar-refractivity contribution in [3.63, 3.8) is 0 Å². The highest BCUT2D eigenvalue weighted by Crippen LogP contribution is 2.90. The van der Waals surface area contributed by atoms with E-state index in [0.717, 1.165) is 25.7 Å². The Bertz CT molecular complexity index is 244. The molecule has 0 aromatic carbocycles. The molecule has 0 unspecified atom stereocenters. The van der Waals surface area contributed by atoms with E-state index in [2.05, 4.69) is 0 Å². The SMILES string of the molecule is NC1CCC2(CC1)C(F)(F)C21CC1. The largest absolute Gasteiger partial charge is 0.328 e. The van der Waals surface area contributed by atoms with E-state index in [1.807, 2.05) is 0 Å². The highest BCUT2D eigenvalue weighted by Gasteiger charge is 2.94. The van der Waals surface area contributed by atoms with E-state index in [4.69, 9.17) is 5.73 Å². The lowest BCUT2D eigenvalue weighted by molar-refractivity contribution is 0.0405. The van der Waals surface area contributed by atoms with Crippen molar-refractivity contribution in [3.05, 3.63) is 0 Å². The Morgan fingerprint density at radius 1 is 0.923 bits per heavy atom. The van der Waals surface area contributed by atoms with Crippen LogP contribution in [-0.4, -0.2) is 12.0 Å². The molecule has 3 fully saturated rings. The summed E-state index contributed by atoms with van der Waals surface area (Å²) in [6, 6.07) is 0.179. The third kappa shape index (κ3) is 0.652. The summed E-state index contributed by atoms with van der Waals surface area (Å²) in [6.45, 7) is 0. The van der Waals surface area contributed by atoms with Gasteiger partial charge in [0.05, 0.1) is 0 Å². The molecule has 0 saturated heterocycles. The number of hydrogen-bond acceptors (Lipinski definition) is 1. The molecule has 0 aromatic heterocycles. The number of fused-ring (bicyclic) bond motifs is 1. The predicted octanol–water partition coefficient (Wildman–Crippen LogP) is 2.30. The molecule has 3 aliphatic carbocycles. The van der Waals surface area contributed by atoms with Crippen molar-refractivity contribution in [1.82, 2.24) is 0 Å². The molecular weight excluding hydrogens is 172 g/mol. The van der Waals surface area contributed by atoms with Crippen molar-refractivity contribution in [2.45, 2.75) is 50.5 Å². The Hall–Kier alpha value is -0.180. The normalized spacial score (nSPS) is 49.6. The second kappa shape index (κ2) is 1.92. The second-order valence-electron chi connectivity index (χ2n) is 5.08. The van der Waals surface area contributed by atoms with Gasteiger partial charge in [-0.3, -0.25) is 0 Å². The summed E-state index contributed by atoms with van der Waals surface area (Å²) in [6.07, 6.45) is 4.46. The van der Waals surface area contributed by atoms with Gasteiger partial charge < -0.3 is 5.73 Å². The lowest BCUT2D eigenvalue weighted by Crippen LogP contribution is -2.30. The average molecular weight is 187 g/mol. The second-order valence-corrected chi connectivity index (χ2v) is 5.08. The molecule has 0 atom stereocenters. The summed E-state index contributed by atoms with van der Waals surface area (Å²) >= 11 is 0. The number of rotatable bonds is 0. The number of nitrogens with two attached hydrogens (primary N) is 1. The lowest BCUT2D eigenvalue weighted by atomic mass is 9.81. The van der Waals surface area contributed by atoms with Crippen molar-refractivity contribution >= 4 is 0 Å². The molecule has 0 radical (unpaired) electrons. The standard InChI is InChI=1S/C10H15F2N/c11-10(12)8(9(10)5-6-9)3-1-7(13)2-4-8/h7H,1-6,13H2. The van der Waals surface area contributed by atoms with Gasteiger partial charge in [-0.15, -0.1) is 0 Å². The van der Waals surface area contributed by atoms with Crippen LogP contribution in [0.3, 0.4) is 0 Å². The van der Waals surface area contributed by atoms with Gasteiger partial charge in [0.15, 0.2) is 0 Å². The van der Waals surface area contributed by atoms with E-state index >= 15 is 0 Å². The van der Waals surface area contributed by atoms with E-state index in [9.17, 15) is 8.78 Å². The number of hydrogen-bond donors (Lipinski definition) is 1. The molecule has 0 aromatic rings. The first-order valence-electron chi connectivity index (χ1n) is 5.19. The zero-order chi connectivity index (χ0) is 9.32. The van der Waals surface area contributed by atoms with Crippen molar-refractivity contribution in [2.24, 2.45) is 16.6 Å². The van der Waals surface area contributed by atoms with Crippen LogP contribution >= 0.6 is 0 Å². The zero-order valence-electron chi connectivity index (χ0n) is 7.65. The summed E-state index contributed by atoms with van der Waals surface area (Å²) in [7, 11) is 0. The molecule has 0 amide bonds. The molecule has 74 valence electrons. The summed E-state index contributed by atoms with van der Waals surface area (Å²) in [5, 5.41) is 0. The highest BCUT2D eigenvalue weighted by atomic mass is 19.3. The van der Waals surface area contributed by atoms with Gasteiger partial charge in [-0.1, -0.05) is 0 Å². The Morgan fingerprint density at radius 3 is 1.77 bits per heavy atom. The third-order valence-electron chi connectivity index (χ3n) is 4.69. The van der Waals surface area contributed by atoms with Crippen molar-refractivity contribution in [2.75, 3.05) is 0 Å². The van der Waals surface area contributed by atoms with Crippen LogP contribution in [0, 0.1) is 10.8 Å². The third-order valence-corrected chi connectivity index (χ3v) is 4.69. The van der Waals surface area contributed by atoms with E-state index in [0.29, 0.717) is 12.8 Å². The maximum atomic E-state index is 13.6. The van der Waals surface area contributed by atoms with Crippen molar-refractivity contribution < 1.29 is 8.78 Å². The van der Waals surface area contributed by atoms with Gasteiger partial charge >= 0.3 is 0 Å². The summed E-state index contributed by atoms with van der Waals surface area (Å²) in [5.74, 6) is -2.35. The van der Waals surface area contributed by atoms with Gasteiger partial charge in [0.25, 0.3) is 5.92 Å². The maximum Gasteiger partial charge on any atom is 0.260 e. The predicted molar refractivity (Wildman–Crippen MR) is 45.5 cm³/mol. The zero-order valence-corrected chi connectivity index (χ0v) is 7.65. The maximum absolute atomic E-state index is 13.6. The van der Waals surface area contributed by atoms with Crippen LogP contribution in [0.15, 0.2) is 0 Å². The summed E-state index contributed by atoms with van der Waals surface area (Å²) in [5.41, 5.74) is 4.59. The molecular formula is C10H15F2N. The van der Waals surface area contributed by atoms with Crippen LogP contribution in [0.25, 0.3) is 0 Å². The van der Waals surface area contributed by atoms with E-state index in [1.165, 1.54) is 0 Å². The van der Waals surface area contributed by atoms with Gasteiger partial charge in [-0.05, 0) is 38.5 Å². The molecule has 0 bridgehead atoms. The molecule has 1 nitrogen and oxygen atoms in total. The Labute approximate surface area is 76.7 Å². The van der Waals surface area contributed by atoms with Crippen LogP contribution in [0.2, 0.25) is 0 Å².